The predicted octanol–water partition coefficient (Wildman–Crippen LogP) is 1.96. The minimum atomic E-state index is 0.0374. The molecule has 5 heterocycles. The van der Waals surface area contributed by atoms with Crippen molar-refractivity contribution in [3.05, 3.63) is 23.6 Å². The molecule has 3 saturated heterocycles. The molecule has 2 aromatic heterocycles. The summed E-state index contributed by atoms with van der Waals surface area (Å²) in [6, 6.07) is 0.470. The monoisotopic (exact) mass is 405 g/mol. The molecule has 0 radical (unpaired) electrons. The van der Waals surface area contributed by atoms with E-state index in [0.29, 0.717) is 29.4 Å². The molecule has 0 saturated carbocycles. The fourth-order valence-corrected chi connectivity index (χ4v) is 4.24. The van der Waals surface area contributed by atoms with Crippen molar-refractivity contribution in [2.45, 2.75) is 43.6 Å². The molecular formula is C18H24ClN7O2. The van der Waals surface area contributed by atoms with Gasteiger partial charge in [0.05, 0.1) is 42.9 Å². The highest BCUT2D eigenvalue weighted by molar-refractivity contribution is 6.32. The Balaban J connectivity index is 1.27. The number of aromatic nitrogens is 4. The minimum Gasteiger partial charge on any atom is -0.373 e. The number of hydrogen-bond acceptors (Lipinski definition) is 8. The van der Waals surface area contributed by atoms with Crippen LogP contribution in [0.4, 0.5) is 17.5 Å². The van der Waals surface area contributed by atoms with E-state index in [4.69, 9.17) is 21.1 Å². The van der Waals surface area contributed by atoms with Crippen molar-refractivity contribution in [3.8, 4) is 0 Å². The standard InChI is InChI=1S/C18H24ClN7O2/c19-13-8-21-18(23-11-7-22-26(9-11)12-1-4-20-5-2-12)25-17(13)24-14-10-28-15-3-6-27-16(14)15/h7-9,12,14-16,20H,1-6,10H2,(H2,21,23,24,25)/t14-,15?,16?/m1/s1. The van der Waals surface area contributed by atoms with E-state index in [-0.39, 0.29) is 18.2 Å². The lowest BCUT2D eigenvalue weighted by Crippen LogP contribution is -2.34. The number of hydrogen-bond donors (Lipinski definition) is 3. The molecule has 0 amide bonds. The smallest absolute Gasteiger partial charge is 0.229 e. The molecule has 3 aliphatic rings. The van der Waals surface area contributed by atoms with Gasteiger partial charge in [0, 0.05) is 12.8 Å². The van der Waals surface area contributed by atoms with E-state index in [1.54, 1.807) is 12.4 Å². The lowest BCUT2D eigenvalue weighted by atomic mass is 10.1. The fourth-order valence-electron chi connectivity index (χ4n) is 4.10. The molecule has 9 nitrogen and oxygen atoms in total. The first-order valence-corrected chi connectivity index (χ1v) is 10.2. The normalized spacial score (nSPS) is 27.7. The number of rotatable bonds is 5. The van der Waals surface area contributed by atoms with Gasteiger partial charge in [-0.15, -0.1) is 0 Å². The number of halogens is 1. The highest BCUT2D eigenvalue weighted by Gasteiger charge is 2.42. The molecule has 3 aliphatic heterocycles. The van der Waals surface area contributed by atoms with Crippen molar-refractivity contribution < 1.29 is 9.47 Å². The summed E-state index contributed by atoms with van der Waals surface area (Å²) in [6.07, 6.45) is 8.72. The number of piperidine rings is 1. The van der Waals surface area contributed by atoms with Crippen LogP contribution in [-0.4, -0.2) is 64.3 Å². The molecule has 2 aromatic rings. The number of nitrogens with one attached hydrogen (secondary N) is 3. The predicted molar refractivity (Wildman–Crippen MR) is 105 cm³/mol. The third-order valence-corrected chi connectivity index (χ3v) is 5.85. The molecule has 0 aromatic carbocycles. The number of ether oxygens (including phenoxy) is 2. The van der Waals surface area contributed by atoms with Gasteiger partial charge in [-0.25, -0.2) is 4.98 Å². The average Bonchev–Trinajstić information content (AvgIpc) is 3.44. The van der Waals surface area contributed by atoms with Gasteiger partial charge in [-0.2, -0.15) is 10.1 Å². The van der Waals surface area contributed by atoms with Gasteiger partial charge in [0.2, 0.25) is 5.95 Å². The largest absolute Gasteiger partial charge is 0.373 e. The van der Waals surface area contributed by atoms with E-state index in [9.17, 15) is 0 Å². The maximum absolute atomic E-state index is 6.31. The first kappa shape index (κ1) is 18.1. The van der Waals surface area contributed by atoms with E-state index in [2.05, 4.69) is 31.0 Å². The topological polar surface area (TPSA) is 98.2 Å². The van der Waals surface area contributed by atoms with Crippen LogP contribution in [0.5, 0.6) is 0 Å². The van der Waals surface area contributed by atoms with Crippen molar-refractivity contribution in [3.63, 3.8) is 0 Å². The second kappa shape index (κ2) is 7.82. The molecule has 3 fully saturated rings. The molecule has 0 aliphatic carbocycles. The first-order chi connectivity index (χ1) is 13.8. The molecule has 0 bridgehead atoms. The van der Waals surface area contributed by atoms with Gasteiger partial charge in [0.25, 0.3) is 0 Å². The van der Waals surface area contributed by atoms with E-state index < -0.39 is 0 Å². The summed E-state index contributed by atoms with van der Waals surface area (Å²) in [5.74, 6) is 1.05. The van der Waals surface area contributed by atoms with Crippen molar-refractivity contribution in [2.75, 3.05) is 36.9 Å². The van der Waals surface area contributed by atoms with Gasteiger partial charge >= 0.3 is 0 Å². The van der Waals surface area contributed by atoms with E-state index in [1.807, 2.05) is 10.9 Å². The maximum atomic E-state index is 6.31. The van der Waals surface area contributed by atoms with Crippen LogP contribution in [0.2, 0.25) is 5.02 Å². The summed E-state index contributed by atoms with van der Waals surface area (Å²) in [5.41, 5.74) is 0.857. The highest BCUT2D eigenvalue weighted by atomic mass is 35.5. The van der Waals surface area contributed by atoms with Crippen molar-refractivity contribution in [1.29, 1.82) is 0 Å². The van der Waals surface area contributed by atoms with Crippen LogP contribution in [0.3, 0.4) is 0 Å². The lowest BCUT2D eigenvalue weighted by Gasteiger charge is -2.22. The van der Waals surface area contributed by atoms with E-state index >= 15 is 0 Å². The highest BCUT2D eigenvalue weighted by Crippen LogP contribution is 2.30. The summed E-state index contributed by atoms with van der Waals surface area (Å²) in [7, 11) is 0. The van der Waals surface area contributed by atoms with Crippen LogP contribution < -0.4 is 16.0 Å². The number of anilines is 3. The Morgan fingerprint density at radius 1 is 1.18 bits per heavy atom. The molecular weight excluding hydrogens is 382 g/mol. The summed E-state index contributed by atoms with van der Waals surface area (Å²) in [4.78, 5) is 8.84. The second-order valence-corrected chi connectivity index (χ2v) is 7.86. The van der Waals surface area contributed by atoms with Crippen LogP contribution >= 0.6 is 11.6 Å². The third kappa shape index (κ3) is 3.67. The Labute approximate surface area is 168 Å². The number of fused-ring (bicyclic) bond motifs is 1. The Morgan fingerprint density at radius 2 is 2.07 bits per heavy atom. The summed E-state index contributed by atoms with van der Waals surface area (Å²) in [6.45, 7) is 3.37. The zero-order chi connectivity index (χ0) is 18.9. The molecule has 2 unspecified atom stereocenters. The van der Waals surface area contributed by atoms with E-state index in [1.165, 1.54) is 0 Å². The van der Waals surface area contributed by atoms with Gasteiger partial charge in [-0.1, -0.05) is 11.6 Å². The third-order valence-electron chi connectivity index (χ3n) is 5.57. The molecule has 150 valence electrons. The van der Waals surface area contributed by atoms with Gasteiger partial charge < -0.3 is 25.4 Å². The zero-order valence-corrected chi connectivity index (χ0v) is 16.2. The van der Waals surface area contributed by atoms with Gasteiger partial charge in [-0.05, 0) is 32.4 Å². The summed E-state index contributed by atoms with van der Waals surface area (Å²) < 4.78 is 13.6. The minimum absolute atomic E-state index is 0.0374. The maximum Gasteiger partial charge on any atom is 0.229 e. The quantitative estimate of drug-likeness (QED) is 0.694. The first-order valence-electron chi connectivity index (χ1n) is 9.80. The lowest BCUT2D eigenvalue weighted by molar-refractivity contribution is 0.0718. The van der Waals surface area contributed by atoms with Crippen LogP contribution in [-0.2, 0) is 9.47 Å². The molecule has 3 N–H and O–H groups in total. The molecule has 3 atom stereocenters. The average molecular weight is 406 g/mol. The van der Waals surface area contributed by atoms with Crippen molar-refractivity contribution in [1.82, 2.24) is 25.1 Å². The van der Waals surface area contributed by atoms with Crippen molar-refractivity contribution in [2.24, 2.45) is 0 Å². The van der Waals surface area contributed by atoms with Crippen molar-refractivity contribution >= 4 is 29.1 Å². The zero-order valence-electron chi connectivity index (χ0n) is 15.5. The summed E-state index contributed by atoms with van der Waals surface area (Å²) >= 11 is 6.31. The molecule has 5 rings (SSSR count). The van der Waals surface area contributed by atoms with Crippen LogP contribution in [0.15, 0.2) is 18.6 Å². The van der Waals surface area contributed by atoms with Gasteiger partial charge in [0.15, 0.2) is 5.82 Å². The van der Waals surface area contributed by atoms with Gasteiger partial charge in [0.1, 0.15) is 11.1 Å². The van der Waals surface area contributed by atoms with Crippen LogP contribution in [0.25, 0.3) is 0 Å². The second-order valence-electron chi connectivity index (χ2n) is 7.45. The molecule has 0 spiro atoms. The van der Waals surface area contributed by atoms with Gasteiger partial charge in [-0.3, -0.25) is 4.68 Å². The SMILES string of the molecule is Clc1cnc(Nc2cnn(C3CCNCC3)c2)nc1N[C@@H]1COC2CCOC21. The van der Waals surface area contributed by atoms with E-state index in [0.717, 1.165) is 44.6 Å². The Hall–Kier alpha value is -1.94. The Morgan fingerprint density at radius 3 is 2.96 bits per heavy atom. The fraction of sp³-hybridized carbons (Fsp3) is 0.611. The van der Waals surface area contributed by atoms with Crippen LogP contribution in [0, 0.1) is 0 Å². The summed E-state index contributed by atoms with van der Waals surface area (Å²) in [5, 5.41) is 14.9. The number of nitrogens with zero attached hydrogens (tertiary/aromatic N) is 4. The molecule has 28 heavy (non-hydrogen) atoms. The molecule has 10 heteroatoms. The Kier molecular flexibility index (Phi) is 5.06. The Bertz CT molecular complexity index is 826. The van der Waals surface area contributed by atoms with Crippen LogP contribution in [0.1, 0.15) is 25.3 Å².